The SMILES string of the molecule is O=C(C1CCCCC1)N1c2ccccc2CCC1CO. The van der Waals surface area contributed by atoms with Crippen LogP contribution in [0.1, 0.15) is 44.1 Å². The van der Waals surface area contributed by atoms with E-state index in [0.29, 0.717) is 0 Å². The zero-order valence-electron chi connectivity index (χ0n) is 11.9. The maximum atomic E-state index is 12.9. The number of anilines is 1. The number of hydrogen-bond acceptors (Lipinski definition) is 2. The second kappa shape index (κ2) is 5.96. The Bertz CT molecular complexity index is 480. The molecule has 1 N–H and O–H groups in total. The number of para-hydroxylation sites is 1. The molecular weight excluding hydrogens is 250 g/mol. The lowest BCUT2D eigenvalue weighted by Gasteiger charge is -2.39. The second-order valence-electron chi connectivity index (χ2n) is 6.05. The van der Waals surface area contributed by atoms with Gasteiger partial charge in [0.25, 0.3) is 0 Å². The average molecular weight is 273 g/mol. The van der Waals surface area contributed by atoms with Crippen LogP contribution in [0.25, 0.3) is 0 Å². The van der Waals surface area contributed by atoms with Gasteiger partial charge in [-0.2, -0.15) is 0 Å². The maximum Gasteiger partial charge on any atom is 0.230 e. The first kappa shape index (κ1) is 13.6. The summed E-state index contributed by atoms with van der Waals surface area (Å²) in [5, 5.41) is 9.64. The molecule has 3 rings (SSSR count). The number of aryl methyl sites for hydroxylation is 1. The number of benzene rings is 1. The van der Waals surface area contributed by atoms with Crippen molar-refractivity contribution in [2.24, 2.45) is 5.92 Å². The lowest BCUT2D eigenvalue weighted by atomic mass is 9.86. The van der Waals surface area contributed by atoms with Gasteiger partial charge in [-0.05, 0) is 37.3 Å². The third kappa shape index (κ3) is 2.47. The van der Waals surface area contributed by atoms with Crippen molar-refractivity contribution in [1.29, 1.82) is 0 Å². The molecule has 20 heavy (non-hydrogen) atoms. The van der Waals surface area contributed by atoms with Gasteiger partial charge in [-0.1, -0.05) is 37.5 Å². The van der Waals surface area contributed by atoms with E-state index in [1.165, 1.54) is 12.0 Å². The van der Waals surface area contributed by atoms with Gasteiger partial charge < -0.3 is 10.0 Å². The van der Waals surface area contributed by atoms with Crippen molar-refractivity contribution in [2.75, 3.05) is 11.5 Å². The molecule has 2 aliphatic rings. The first-order valence-corrected chi connectivity index (χ1v) is 7.83. The van der Waals surface area contributed by atoms with Crippen LogP contribution >= 0.6 is 0 Å². The number of carbonyl (C=O) groups excluding carboxylic acids is 1. The summed E-state index contributed by atoms with van der Waals surface area (Å²) in [5.41, 5.74) is 2.26. The standard InChI is InChI=1S/C17H23NO2/c19-12-15-11-10-13-6-4-5-9-16(13)18(15)17(20)14-7-2-1-3-8-14/h4-6,9,14-15,19H,1-3,7-8,10-12H2. The minimum absolute atomic E-state index is 0.0423. The zero-order chi connectivity index (χ0) is 13.9. The van der Waals surface area contributed by atoms with Crippen molar-refractivity contribution < 1.29 is 9.90 Å². The van der Waals surface area contributed by atoms with Gasteiger partial charge in [-0.3, -0.25) is 4.79 Å². The van der Waals surface area contributed by atoms with Crippen LogP contribution in [-0.4, -0.2) is 23.7 Å². The summed E-state index contributed by atoms with van der Waals surface area (Å²) in [5.74, 6) is 0.389. The molecule has 0 spiro atoms. The molecule has 0 saturated heterocycles. The first-order valence-electron chi connectivity index (χ1n) is 7.83. The molecule has 1 aromatic carbocycles. The van der Waals surface area contributed by atoms with E-state index >= 15 is 0 Å². The summed E-state index contributed by atoms with van der Waals surface area (Å²) >= 11 is 0. The van der Waals surface area contributed by atoms with Gasteiger partial charge in [-0.25, -0.2) is 0 Å². The van der Waals surface area contributed by atoms with Gasteiger partial charge in [0.05, 0.1) is 12.6 Å². The summed E-state index contributed by atoms with van der Waals surface area (Å²) in [6.07, 6.45) is 7.42. The van der Waals surface area contributed by atoms with Crippen molar-refractivity contribution in [3.63, 3.8) is 0 Å². The van der Waals surface area contributed by atoms with Crippen molar-refractivity contribution >= 4 is 11.6 Å². The Kier molecular flexibility index (Phi) is 4.06. The smallest absolute Gasteiger partial charge is 0.230 e. The molecule has 0 aromatic heterocycles. The van der Waals surface area contributed by atoms with Gasteiger partial charge in [0.2, 0.25) is 5.91 Å². The van der Waals surface area contributed by atoms with Gasteiger partial charge in [0.15, 0.2) is 0 Å². The molecule has 1 fully saturated rings. The molecule has 1 atom stereocenters. The number of carbonyl (C=O) groups is 1. The Morgan fingerprint density at radius 2 is 1.90 bits per heavy atom. The number of aliphatic hydroxyl groups is 1. The highest BCUT2D eigenvalue weighted by Gasteiger charge is 2.34. The quantitative estimate of drug-likeness (QED) is 0.900. The Morgan fingerprint density at radius 3 is 2.65 bits per heavy atom. The molecule has 1 aliphatic heterocycles. The fraction of sp³-hybridized carbons (Fsp3) is 0.588. The van der Waals surface area contributed by atoms with Crippen molar-refractivity contribution in [1.82, 2.24) is 0 Å². The minimum atomic E-state index is -0.0423. The maximum absolute atomic E-state index is 12.9. The number of rotatable bonds is 2. The first-order chi connectivity index (χ1) is 9.81. The lowest BCUT2D eigenvalue weighted by Crippen LogP contribution is -2.48. The average Bonchev–Trinajstić information content (AvgIpc) is 2.54. The van der Waals surface area contributed by atoms with Gasteiger partial charge in [-0.15, -0.1) is 0 Å². The van der Waals surface area contributed by atoms with Crippen molar-refractivity contribution in [2.45, 2.75) is 51.0 Å². The monoisotopic (exact) mass is 273 g/mol. The Labute approximate surface area is 120 Å². The predicted molar refractivity (Wildman–Crippen MR) is 79.7 cm³/mol. The normalized spacial score (nSPS) is 23.4. The molecule has 3 heteroatoms. The Morgan fingerprint density at radius 1 is 1.15 bits per heavy atom. The number of amides is 1. The van der Waals surface area contributed by atoms with E-state index in [-0.39, 0.29) is 24.5 Å². The molecule has 108 valence electrons. The molecule has 1 amide bonds. The summed E-state index contributed by atoms with van der Waals surface area (Å²) in [7, 11) is 0. The molecule has 0 radical (unpaired) electrons. The highest BCUT2D eigenvalue weighted by atomic mass is 16.3. The lowest BCUT2D eigenvalue weighted by molar-refractivity contribution is -0.124. The van der Waals surface area contributed by atoms with Crippen molar-refractivity contribution in [3.05, 3.63) is 29.8 Å². The molecule has 1 saturated carbocycles. The van der Waals surface area contributed by atoms with E-state index in [9.17, 15) is 9.90 Å². The largest absolute Gasteiger partial charge is 0.394 e. The molecular formula is C17H23NO2. The number of fused-ring (bicyclic) bond motifs is 1. The van der Waals surface area contributed by atoms with Crippen LogP contribution < -0.4 is 4.90 Å². The third-order valence-corrected chi connectivity index (χ3v) is 4.77. The fourth-order valence-electron chi connectivity index (χ4n) is 3.62. The van der Waals surface area contributed by atoms with E-state index in [2.05, 4.69) is 6.07 Å². The van der Waals surface area contributed by atoms with Crippen LogP contribution in [0.3, 0.4) is 0 Å². The minimum Gasteiger partial charge on any atom is -0.394 e. The number of aliphatic hydroxyl groups excluding tert-OH is 1. The van der Waals surface area contributed by atoms with Gasteiger partial charge in [0, 0.05) is 11.6 Å². The highest BCUT2D eigenvalue weighted by Crippen LogP contribution is 2.34. The fourth-order valence-corrected chi connectivity index (χ4v) is 3.62. The van der Waals surface area contributed by atoms with E-state index in [0.717, 1.165) is 44.2 Å². The van der Waals surface area contributed by atoms with Crippen LogP contribution in [0.15, 0.2) is 24.3 Å². The van der Waals surface area contributed by atoms with E-state index in [4.69, 9.17) is 0 Å². The molecule has 0 bridgehead atoms. The molecule has 1 aliphatic carbocycles. The van der Waals surface area contributed by atoms with E-state index < -0.39 is 0 Å². The van der Waals surface area contributed by atoms with Crippen LogP contribution in [0.2, 0.25) is 0 Å². The number of hydrogen-bond donors (Lipinski definition) is 1. The molecule has 1 heterocycles. The van der Waals surface area contributed by atoms with Gasteiger partial charge in [0.1, 0.15) is 0 Å². The molecule has 1 aromatic rings. The summed E-state index contributed by atoms with van der Waals surface area (Å²) in [6, 6.07) is 8.10. The highest BCUT2D eigenvalue weighted by molar-refractivity contribution is 5.96. The van der Waals surface area contributed by atoms with Crippen LogP contribution in [0.5, 0.6) is 0 Å². The topological polar surface area (TPSA) is 40.5 Å². The Balaban J connectivity index is 1.89. The van der Waals surface area contributed by atoms with Crippen LogP contribution in [-0.2, 0) is 11.2 Å². The van der Waals surface area contributed by atoms with Crippen LogP contribution in [0.4, 0.5) is 5.69 Å². The predicted octanol–water partition coefficient (Wildman–Crippen LogP) is 2.91. The van der Waals surface area contributed by atoms with Crippen LogP contribution in [0, 0.1) is 5.92 Å². The second-order valence-corrected chi connectivity index (χ2v) is 6.05. The zero-order valence-corrected chi connectivity index (χ0v) is 11.9. The summed E-state index contributed by atoms with van der Waals surface area (Å²) < 4.78 is 0. The molecule has 3 nitrogen and oxygen atoms in total. The summed E-state index contributed by atoms with van der Waals surface area (Å²) in [6.45, 7) is 0.0623. The van der Waals surface area contributed by atoms with E-state index in [1.807, 2.05) is 23.1 Å². The van der Waals surface area contributed by atoms with Gasteiger partial charge >= 0.3 is 0 Å². The molecule has 1 unspecified atom stereocenters. The summed E-state index contributed by atoms with van der Waals surface area (Å²) in [4.78, 5) is 14.8. The van der Waals surface area contributed by atoms with E-state index in [1.54, 1.807) is 0 Å². The van der Waals surface area contributed by atoms with Crippen molar-refractivity contribution in [3.8, 4) is 0 Å². The number of nitrogens with zero attached hydrogens (tertiary/aromatic N) is 1. The third-order valence-electron chi connectivity index (χ3n) is 4.77. The Hall–Kier alpha value is -1.35.